The Morgan fingerprint density at radius 3 is 2.61 bits per heavy atom. The van der Waals surface area contributed by atoms with Crippen LogP contribution in [-0.2, 0) is 14.3 Å². The molecule has 1 heterocycles. The molecule has 0 aromatic rings. The van der Waals surface area contributed by atoms with Gasteiger partial charge in [0.1, 0.15) is 6.73 Å². The van der Waals surface area contributed by atoms with Gasteiger partial charge in [-0.15, -0.1) is 0 Å². The molecule has 134 valence electrons. The molecule has 1 fully saturated rings. The van der Waals surface area contributed by atoms with Crippen molar-refractivity contribution >= 4 is 12.4 Å². The van der Waals surface area contributed by atoms with Crippen molar-refractivity contribution in [3.05, 3.63) is 0 Å². The number of ether oxygens (including phenoxy) is 1. The molecule has 8 heteroatoms. The summed E-state index contributed by atoms with van der Waals surface area (Å²) < 4.78 is 4.87. The molecule has 0 spiro atoms. The van der Waals surface area contributed by atoms with E-state index >= 15 is 0 Å². The Hall–Kier alpha value is -1.22. The van der Waals surface area contributed by atoms with Gasteiger partial charge in [-0.3, -0.25) is 19.4 Å². The van der Waals surface area contributed by atoms with Gasteiger partial charge in [-0.2, -0.15) is 0 Å². The van der Waals surface area contributed by atoms with Gasteiger partial charge in [-0.25, -0.2) is 0 Å². The molecular formula is C15H30N4O4. The van der Waals surface area contributed by atoms with Crippen LogP contribution >= 0.6 is 0 Å². The van der Waals surface area contributed by atoms with Crippen LogP contribution in [0.25, 0.3) is 0 Å². The zero-order valence-electron chi connectivity index (χ0n) is 14.1. The van der Waals surface area contributed by atoms with Crippen LogP contribution in [0.1, 0.15) is 12.8 Å². The van der Waals surface area contributed by atoms with E-state index in [1.54, 1.807) is 0 Å². The molecule has 0 aliphatic carbocycles. The molecule has 1 rings (SSSR count). The Kier molecular flexibility index (Phi) is 10.5. The van der Waals surface area contributed by atoms with E-state index in [9.17, 15) is 9.59 Å². The number of nitrogens with one attached hydrogen (secondary N) is 1. The Bertz CT molecular complexity index is 343. The van der Waals surface area contributed by atoms with Crippen LogP contribution in [0.4, 0.5) is 0 Å². The highest BCUT2D eigenvalue weighted by Gasteiger charge is 2.11. The van der Waals surface area contributed by atoms with Crippen molar-refractivity contribution in [1.82, 2.24) is 20.0 Å². The van der Waals surface area contributed by atoms with E-state index < -0.39 is 5.97 Å². The molecule has 0 aromatic heterocycles. The summed E-state index contributed by atoms with van der Waals surface area (Å²) in [5, 5.41) is 12.3. The minimum absolute atomic E-state index is 0.0994. The van der Waals surface area contributed by atoms with Gasteiger partial charge in [0.15, 0.2) is 0 Å². The third kappa shape index (κ3) is 10.2. The van der Waals surface area contributed by atoms with Crippen molar-refractivity contribution in [2.75, 3.05) is 72.7 Å². The summed E-state index contributed by atoms with van der Waals surface area (Å²) in [6.07, 6.45) is 1.90. The average Bonchev–Trinajstić information content (AvgIpc) is 2.51. The molecule has 0 radical (unpaired) electrons. The number of hydrogen-bond acceptors (Lipinski definition) is 7. The number of carboxylic acid groups (broad SMARTS) is 1. The second-order valence-corrected chi connectivity index (χ2v) is 5.94. The SMILES string of the molecule is CN1CCCN(CC(=O)O)CCNCCCN(COC=O)CC1. The van der Waals surface area contributed by atoms with Crippen molar-refractivity contribution in [1.29, 1.82) is 0 Å². The maximum Gasteiger partial charge on any atom is 0.317 e. The highest BCUT2D eigenvalue weighted by Crippen LogP contribution is 1.98. The Morgan fingerprint density at radius 2 is 1.87 bits per heavy atom. The zero-order valence-corrected chi connectivity index (χ0v) is 14.1. The largest absolute Gasteiger partial charge is 0.480 e. The first-order chi connectivity index (χ1) is 11.1. The molecule has 0 atom stereocenters. The van der Waals surface area contributed by atoms with Gasteiger partial charge in [0.25, 0.3) is 6.47 Å². The van der Waals surface area contributed by atoms with Crippen LogP contribution in [0.15, 0.2) is 0 Å². The summed E-state index contributed by atoms with van der Waals surface area (Å²) in [7, 11) is 2.06. The number of carbonyl (C=O) groups is 2. The number of rotatable bonds is 5. The van der Waals surface area contributed by atoms with Crippen molar-refractivity contribution in [2.24, 2.45) is 0 Å². The minimum atomic E-state index is -0.773. The van der Waals surface area contributed by atoms with E-state index in [0.717, 1.165) is 65.2 Å². The third-order valence-corrected chi connectivity index (χ3v) is 3.93. The highest BCUT2D eigenvalue weighted by molar-refractivity contribution is 5.69. The summed E-state index contributed by atoms with van der Waals surface area (Å²) in [4.78, 5) is 27.6. The van der Waals surface area contributed by atoms with Gasteiger partial charge < -0.3 is 20.1 Å². The lowest BCUT2D eigenvalue weighted by atomic mass is 10.3. The molecule has 2 N–H and O–H groups in total. The third-order valence-electron chi connectivity index (χ3n) is 3.93. The van der Waals surface area contributed by atoms with Crippen LogP contribution in [-0.4, -0.2) is 105 Å². The van der Waals surface area contributed by atoms with Gasteiger partial charge in [0.05, 0.1) is 6.54 Å². The summed E-state index contributed by atoms with van der Waals surface area (Å²) in [5.74, 6) is -0.773. The number of hydrogen-bond donors (Lipinski definition) is 2. The van der Waals surface area contributed by atoms with Gasteiger partial charge in [-0.1, -0.05) is 0 Å². The number of likely N-dealkylation sites (N-methyl/N-ethyl adjacent to an activating group) is 1. The van der Waals surface area contributed by atoms with E-state index in [1.165, 1.54) is 0 Å². The molecule has 1 aliphatic heterocycles. The predicted octanol–water partition coefficient (Wildman–Crippen LogP) is -0.879. The average molecular weight is 330 g/mol. The van der Waals surface area contributed by atoms with Crippen molar-refractivity contribution in [3.63, 3.8) is 0 Å². The van der Waals surface area contributed by atoms with E-state index in [1.807, 2.05) is 4.90 Å². The normalized spacial score (nSPS) is 21.4. The Balaban J connectivity index is 2.45. The summed E-state index contributed by atoms with van der Waals surface area (Å²) in [6.45, 7) is 7.65. The van der Waals surface area contributed by atoms with Gasteiger partial charge in [-0.05, 0) is 33.0 Å². The molecule has 0 amide bonds. The fourth-order valence-corrected chi connectivity index (χ4v) is 2.62. The van der Waals surface area contributed by atoms with Crippen LogP contribution in [0.2, 0.25) is 0 Å². The van der Waals surface area contributed by atoms with E-state index in [4.69, 9.17) is 9.84 Å². The van der Waals surface area contributed by atoms with Crippen molar-refractivity contribution in [2.45, 2.75) is 12.8 Å². The Morgan fingerprint density at radius 1 is 1.09 bits per heavy atom. The number of aliphatic carboxylic acids is 1. The summed E-state index contributed by atoms with van der Waals surface area (Å²) >= 11 is 0. The maximum absolute atomic E-state index is 10.9. The van der Waals surface area contributed by atoms with E-state index in [0.29, 0.717) is 13.2 Å². The second-order valence-electron chi connectivity index (χ2n) is 5.94. The zero-order chi connectivity index (χ0) is 16.9. The first-order valence-corrected chi connectivity index (χ1v) is 8.23. The maximum atomic E-state index is 10.9. The second kappa shape index (κ2) is 12.2. The monoisotopic (exact) mass is 330 g/mol. The van der Waals surface area contributed by atoms with E-state index in [2.05, 4.69) is 22.2 Å². The smallest absolute Gasteiger partial charge is 0.317 e. The first-order valence-electron chi connectivity index (χ1n) is 8.23. The van der Waals surface area contributed by atoms with Crippen LogP contribution < -0.4 is 5.32 Å². The molecule has 1 aliphatic rings. The molecular weight excluding hydrogens is 300 g/mol. The quantitative estimate of drug-likeness (QED) is 0.629. The number of nitrogens with zero attached hydrogens (tertiary/aromatic N) is 3. The molecule has 1 saturated heterocycles. The van der Waals surface area contributed by atoms with Crippen LogP contribution in [0, 0.1) is 0 Å². The number of carboxylic acids is 1. The van der Waals surface area contributed by atoms with Crippen molar-refractivity contribution < 1.29 is 19.4 Å². The minimum Gasteiger partial charge on any atom is -0.480 e. The van der Waals surface area contributed by atoms with Crippen LogP contribution in [0.5, 0.6) is 0 Å². The first kappa shape index (κ1) is 19.8. The molecule has 0 saturated carbocycles. The fraction of sp³-hybridized carbons (Fsp3) is 0.867. The highest BCUT2D eigenvalue weighted by atomic mass is 16.5. The fourth-order valence-electron chi connectivity index (χ4n) is 2.62. The van der Waals surface area contributed by atoms with Crippen LogP contribution in [0.3, 0.4) is 0 Å². The predicted molar refractivity (Wildman–Crippen MR) is 87.3 cm³/mol. The standard InChI is InChI=1S/C15H30N4O4/c1-17-6-3-8-18(12-15(21)22)9-5-16-4-2-7-19(11-10-17)13-23-14-20/h14,16H,2-13H2,1H3,(H,21,22). The van der Waals surface area contributed by atoms with Gasteiger partial charge in [0, 0.05) is 39.3 Å². The molecule has 0 bridgehead atoms. The van der Waals surface area contributed by atoms with E-state index in [-0.39, 0.29) is 6.54 Å². The summed E-state index contributed by atoms with van der Waals surface area (Å²) in [5.41, 5.74) is 0. The topological polar surface area (TPSA) is 85.3 Å². The lowest BCUT2D eigenvalue weighted by molar-refractivity contribution is -0.138. The Labute approximate surface area is 138 Å². The number of carbonyl (C=O) groups excluding carboxylic acids is 1. The van der Waals surface area contributed by atoms with Gasteiger partial charge in [0.2, 0.25) is 0 Å². The lowest BCUT2D eigenvalue weighted by Gasteiger charge is -2.26. The van der Waals surface area contributed by atoms with Crippen molar-refractivity contribution in [3.8, 4) is 0 Å². The molecule has 0 unspecified atom stereocenters. The molecule has 0 aromatic carbocycles. The summed E-state index contributed by atoms with van der Waals surface area (Å²) in [6, 6.07) is 0. The lowest BCUT2D eigenvalue weighted by Crippen LogP contribution is -2.40. The molecule has 23 heavy (non-hydrogen) atoms. The molecule has 8 nitrogen and oxygen atoms in total. The van der Waals surface area contributed by atoms with Gasteiger partial charge >= 0.3 is 5.97 Å².